The van der Waals surface area contributed by atoms with Gasteiger partial charge in [0.25, 0.3) is 36.3 Å². The van der Waals surface area contributed by atoms with Crippen molar-refractivity contribution in [3.8, 4) is 5.75 Å². The van der Waals surface area contributed by atoms with Gasteiger partial charge in [-0.1, -0.05) is 0 Å². The van der Waals surface area contributed by atoms with Gasteiger partial charge in [0.1, 0.15) is 11.9 Å². The second kappa shape index (κ2) is 15.8. The zero-order valence-electron chi connectivity index (χ0n) is 31.0. The normalized spacial score (nSPS) is 20.1. The zero-order chi connectivity index (χ0) is 40.9. The van der Waals surface area contributed by atoms with Crippen LogP contribution in [0.2, 0.25) is 0 Å². The topological polar surface area (TPSA) is 236 Å². The van der Waals surface area contributed by atoms with Crippen molar-refractivity contribution in [3.05, 3.63) is 81.6 Å². The summed E-state index contributed by atoms with van der Waals surface area (Å²) in [4.78, 5) is 31.3. The minimum Gasteiger partial charge on any atom is -0.481 e. The van der Waals surface area contributed by atoms with Crippen molar-refractivity contribution in [2.45, 2.75) is 62.4 Å². The number of anilines is 1. The number of hydrogen-bond acceptors (Lipinski definition) is 11. The van der Waals surface area contributed by atoms with E-state index in [4.69, 9.17) is 4.74 Å². The molecule has 2 saturated heterocycles. The van der Waals surface area contributed by atoms with Crippen LogP contribution in [0.25, 0.3) is 5.57 Å². The van der Waals surface area contributed by atoms with Gasteiger partial charge in [-0.25, -0.2) is 0 Å². The highest BCUT2D eigenvalue weighted by Crippen LogP contribution is 2.48. The molecule has 16 nitrogen and oxygen atoms in total. The number of allylic oxidation sites excluding steroid dienone is 1. The minimum atomic E-state index is -4.75. The summed E-state index contributed by atoms with van der Waals surface area (Å²) in [6.45, 7) is 2.28. The minimum absolute atomic E-state index is 0.151. The van der Waals surface area contributed by atoms with Crippen molar-refractivity contribution in [2.75, 3.05) is 55.7 Å². The van der Waals surface area contributed by atoms with Crippen molar-refractivity contribution < 1.29 is 58.3 Å². The van der Waals surface area contributed by atoms with Gasteiger partial charge in [-0.3, -0.25) is 23.2 Å². The third kappa shape index (κ3) is 9.08. The fourth-order valence-corrected chi connectivity index (χ4v) is 10.1. The van der Waals surface area contributed by atoms with E-state index >= 15 is 0 Å². The molecule has 0 bridgehead atoms. The highest BCUT2D eigenvalue weighted by Gasteiger charge is 2.38. The maximum Gasteiger partial charge on any atom is 0.306 e. The van der Waals surface area contributed by atoms with Crippen LogP contribution in [0.5, 0.6) is 5.75 Å². The maximum atomic E-state index is 14.4. The molecule has 5 aliphatic rings. The number of aliphatic carboxylic acids is 1. The molecule has 0 saturated carbocycles. The molecule has 0 spiro atoms. The van der Waals surface area contributed by atoms with Crippen molar-refractivity contribution in [3.63, 3.8) is 0 Å². The standard InChI is InChI=1S/C38H45N3O13S3/c42-37(41-15-9-24(10-16-41)38(43)44)28-8-7-27(57(51,52)53)21-29(28)36-30-19-25-5-1-11-39(13-3-17-55(45,46)47)32(25)22-34(30)54-35-23-33-26(20-31(35)36)6-2-12-40(33)14-4-18-56(48,49)50/h7-8,19-24,34H,1-6,9-18H2,(H,43,44)(H,45,46,47)(H,48,49,50)(H,51,52,53). The smallest absolute Gasteiger partial charge is 0.306 e. The van der Waals surface area contributed by atoms with Crippen LogP contribution in [0, 0.1) is 5.92 Å². The molecule has 0 radical (unpaired) electrons. The number of benzene rings is 2. The van der Waals surface area contributed by atoms with E-state index in [0.717, 1.165) is 35.4 Å². The SMILES string of the molecule is O=C(O)C1CCN(C(=O)c2ccc(S(=O)(=O)O)cc2C2=C3C=C4CCCN(CCCS(=O)(=O)O)C4=CC3Oc3cc4c(cc32)CCCN4CCCS(=O)(=O)O)CC1. The Morgan fingerprint density at radius 2 is 1.44 bits per heavy atom. The molecule has 1 atom stereocenters. The van der Waals surface area contributed by atoms with Crippen molar-refractivity contribution in [2.24, 2.45) is 5.92 Å². The first-order valence-electron chi connectivity index (χ1n) is 18.9. The number of carboxylic acids is 1. The fraction of sp³-hybridized carbons (Fsp3) is 0.474. The second-order valence-electron chi connectivity index (χ2n) is 15.1. The summed E-state index contributed by atoms with van der Waals surface area (Å²) in [6, 6.07) is 7.60. The van der Waals surface area contributed by atoms with E-state index in [9.17, 15) is 53.6 Å². The molecule has 57 heavy (non-hydrogen) atoms. The van der Waals surface area contributed by atoms with Gasteiger partial charge in [0.2, 0.25) is 0 Å². The number of aryl methyl sites for hydroxylation is 1. The third-order valence-corrected chi connectivity index (χ3v) is 13.7. The van der Waals surface area contributed by atoms with E-state index in [1.54, 1.807) is 4.90 Å². The number of likely N-dealkylation sites (tertiary alicyclic amines) is 2. The van der Waals surface area contributed by atoms with E-state index in [1.165, 1.54) is 18.2 Å². The van der Waals surface area contributed by atoms with Crippen molar-refractivity contribution in [1.82, 2.24) is 9.80 Å². The molecule has 4 heterocycles. The summed E-state index contributed by atoms with van der Waals surface area (Å²) in [5.41, 5.74) is 5.54. The van der Waals surface area contributed by atoms with Crippen LogP contribution in [-0.4, -0.2) is 123 Å². The van der Waals surface area contributed by atoms with Gasteiger partial charge in [-0.05, 0) is 104 Å². The summed E-state index contributed by atoms with van der Waals surface area (Å²) in [7, 11) is -13.1. The second-order valence-corrected chi connectivity index (χ2v) is 19.7. The van der Waals surface area contributed by atoms with Gasteiger partial charge >= 0.3 is 5.97 Å². The molecule has 1 aliphatic carbocycles. The van der Waals surface area contributed by atoms with Crippen molar-refractivity contribution in [1.29, 1.82) is 0 Å². The van der Waals surface area contributed by atoms with Crippen LogP contribution < -0.4 is 9.64 Å². The molecular formula is C38H45N3O13S3. The number of hydrogen-bond donors (Lipinski definition) is 4. The number of carbonyl (C=O) groups is 2. The number of rotatable bonds is 12. The number of ether oxygens (including phenoxy) is 1. The monoisotopic (exact) mass is 847 g/mol. The van der Waals surface area contributed by atoms with Crippen LogP contribution in [0.4, 0.5) is 5.69 Å². The first-order chi connectivity index (χ1) is 26.9. The molecule has 19 heteroatoms. The summed E-state index contributed by atoms with van der Waals surface area (Å²) in [5.74, 6) is -2.37. The van der Waals surface area contributed by atoms with E-state index in [0.29, 0.717) is 61.5 Å². The quantitative estimate of drug-likeness (QED) is 0.223. The van der Waals surface area contributed by atoms with Gasteiger partial charge in [-0.15, -0.1) is 0 Å². The summed E-state index contributed by atoms with van der Waals surface area (Å²) >= 11 is 0. The van der Waals surface area contributed by atoms with Gasteiger partial charge in [0, 0.05) is 79.0 Å². The Labute approximate surface area is 331 Å². The Balaban J connectivity index is 1.38. The molecule has 2 fully saturated rings. The Morgan fingerprint density at radius 3 is 2.09 bits per heavy atom. The summed E-state index contributed by atoms with van der Waals surface area (Å²) in [5, 5.41) is 9.57. The molecule has 0 aromatic heterocycles. The fourth-order valence-electron chi connectivity index (χ4n) is 8.58. The lowest BCUT2D eigenvalue weighted by atomic mass is 9.80. The molecule has 2 aromatic carbocycles. The number of fused-ring (bicyclic) bond motifs is 4. The van der Waals surface area contributed by atoms with E-state index in [2.05, 4.69) is 0 Å². The zero-order valence-corrected chi connectivity index (χ0v) is 33.5. The van der Waals surface area contributed by atoms with Gasteiger partial charge < -0.3 is 24.5 Å². The summed E-state index contributed by atoms with van der Waals surface area (Å²) in [6.07, 6.45) is 6.76. The highest BCUT2D eigenvalue weighted by molar-refractivity contribution is 7.86. The lowest BCUT2D eigenvalue weighted by Gasteiger charge is -2.40. The van der Waals surface area contributed by atoms with Crippen LogP contribution in [0.15, 0.2) is 64.2 Å². The van der Waals surface area contributed by atoms with Gasteiger partial charge in [0.05, 0.1) is 22.3 Å². The average Bonchev–Trinajstić information content (AvgIpc) is 3.14. The first-order valence-corrected chi connectivity index (χ1v) is 23.6. The van der Waals surface area contributed by atoms with E-state index < -0.39 is 70.7 Å². The molecule has 4 N–H and O–H groups in total. The predicted octanol–water partition coefficient (Wildman–Crippen LogP) is 3.66. The Hall–Kier alpha value is -4.27. The molecular weight excluding hydrogens is 803 g/mol. The highest BCUT2D eigenvalue weighted by atomic mass is 32.2. The molecule has 1 amide bonds. The first kappa shape index (κ1) is 40.9. The maximum absolute atomic E-state index is 14.4. The number of piperidine rings is 2. The number of carbonyl (C=O) groups excluding carboxylic acids is 1. The van der Waals surface area contributed by atoms with Crippen LogP contribution in [-0.2, 0) is 41.6 Å². The van der Waals surface area contributed by atoms with Crippen LogP contribution in [0.3, 0.4) is 0 Å². The molecule has 308 valence electrons. The Kier molecular flexibility index (Phi) is 11.4. The lowest BCUT2D eigenvalue weighted by molar-refractivity contribution is -0.143. The predicted molar refractivity (Wildman–Crippen MR) is 209 cm³/mol. The van der Waals surface area contributed by atoms with Crippen molar-refractivity contribution >= 4 is 53.5 Å². The Morgan fingerprint density at radius 1 is 0.789 bits per heavy atom. The van der Waals surface area contributed by atoms with Crippen LogP contribution >= 0.6 is 0 Å². The van der Waals surface area contributed by atoms with Gasteiger partial charge in [0.15, 0.2) is 0 Å². The number of nitrogens with zero attached hydrogens (tertiary/aromatic N) is 3. The van der Waals surface area contributed by atoms with E-state index in [-0.39, 0.29) is 49.9 Å². The van der Waals surface area contributed by atoms with E-state index in [1.807, 2.05) is 34.1 Å². The third-order valence-electron chi connectivity index (χ3n) is 11.3. The molecule has 7 rings (SSSR count). The molecule has 4 aliphatic heterocycles. The van der Waals surface area contributed by atoms with Gasteiger partial charge in [-0.2, -0.15) is 25.3 Å². The number of carboxylic acid groups (broad SMARTS) is 1. The summed E-state index contributed by atoms with van der Waals surface area (Å²) < 4.78 is 107. The number of amides is 1. The molecule has 1 unspecified atom stereocenters. The lowest BCUT2D eigenvalue weighted by Crippen LogP contribution is -2.40. The average molecular weight is 848 g/mol. The Bertz CT molecular complexity index is 2420. The molecule has 2 aromatic rings. The largest absolute Gasteiger partial charge is 0.481 e. The van der Waals surface area contributed by atoms with Crippen LogP contribution in [0.1, 0.15) is 72.0 Å².